The molecule has 0 saturated heterocycles. The number of aromatic carboxylic acids is 1. The Morgan fingerprint density at radius 3 is 2.23 bits per heavy atom. The van der Waals surface area contributed by atoms with Gasteiger partial charge in [-0.05, 0) is 73.5 Å². The van der Waals surface area contributed by atoms with Crippen molar-refractivity contribution in [3.05, 3.63) is 101 Å². The standard InChI is InChI=1S/C33H41NO5/c1-2-3-15-30(27-12-6-4-7-13-27)39-31-16-10-9-14-28(31)22-24-34(23-11-5-8-17-32(35)36)25-26-18-20-29(21-19-26)33(37)38/h4,6-7,9-10,12-14,16,18-21,30H,2-3,5,8,11,15,17,22-25H2,1H3,(H,35,36)(H,37,38). The van der Waals surface area contributed by atoms with Crippen LogP contribution in [0.2, 0.25) is 0 Å². The van der Waals surface area contributed by atoms with Crippen molar-refractivity contribution in [2.45, 2.75) is 70.9 Å². The third-order valence-electron chi connectivity index (χ3n) is 6.90. The quantitative estimate of drug-likeness (QED) is 0.167. The van der Waals surface area contributed by atoms with Crippen molar-refractivity contribution >= 4 is 11.9 Å². The van der Waals surface area contributed by atoms with E-state index in [9.17, 15) is 14.7 Å². The topological polar surface area (TPSA) is 87.1 Å². The van der Waals surface area contributed by atoms with E-state index in [0.29, 0.717) is 13.0 Å². The van der Waals surface area contributed by atoms with Gasteiger partial charge in [-0.3, -0.25) is 9.69 Å². The molecule has 3 aromatic carbocycles. The lowest BCUT2D eigenvalue weighted by atomic mass is 10.0. The van der Waals surface area contributed by atoms with Gasteiger partial charge in [-0.1, -0.05) is 80.4 Å². The van der Waals surface area contributed by atoms with E-state index >= 15 is 0 Å². The largest absolute Gasteiger partial charge is 0.485 e. The maximum absolute atomic E-state index is 11.2. The molecule has 3 rings (SSSR count). The summed E-state index contributed by atoms with van der Waals surface area (Å²) in [6, 6.07) is 25.7. The second-order valence-corrected chi connectivity index (χ2v) is 10.00. The lowest BCUT2D eigenvalue weighted by molar-refractivity contribution is -0.137. The zero-order valence-corrected chi connectivity index (χ0v) is 22.9. The zero-order chi connectivity index (χ0) is 27.9. The molecule has 6 heteroatoms. The highest BCUT2D eigenvalue weighted by Crippen LogP contribution is 2.29. The fourth-order valence-corrected chi connectivity index (χ4v) is 4.68. The zero-order valence-electron chi connectivity index (χ0n) is 22.9. The molecule has 0 aliphatic heterocycles. The Kier molecular flexibility index (Phi) is 12.5. The van der Waals surface area contributed by atoms with Crippen LogP contribution in [0.4, 0.5) is 0 Å². The van der Waals surface area contributed by atoms with E-state index in [1.807, 2.05) is 30.3 Å². The molecular weight excluding hydrogens is 490 g/mol. The molecule has 1 unspecified atom stereocenters. The molecule has 1 atom stereocenters. The van der Waals surface area contributed by atoms with Crippen molar-refractivity contribution in [2.24, 2.45) is 0 Å². The Morgan fingerprint density at radius 1 is 0.821 bits per heavy atom. The number of benzene rings is 3. The Labute approximate surface area is 232 Å². The van der Waals surface area contributed by atoms with Gasteiger partial charge in [0.1, 0.15) is 11.9 Å². The average Bonchev–Trinajstić information content (AvgIpc) is 2.94. The van der Waals surface area contributed by atoms with Gasteiger partial charge in [0.15, 0.2) is 0 Å². The third kappa shape index (κ3) is 10.6. The predicted octanol–water partition coefficient (Wildman–Crippen LogP) is 7.38. The van der Waals surface area contributed by atoms with Crippen LogP contribution in [0.1, 0.15) is 85.0 Å². The van der Waals surface area contributed by atoms with E-state index in [-0.39, 0.29) is 18.1 Å². The van der Waals surface area contributed by atoms with Gasteiger partial charge < -0.3 is 14.9 Å². The number of rotatable bonds is 18. The fourth-order valence-electron chi connectivity index (χ4n) is 4.68. The number of hydrogen-bond acceptors (Lipinski definition) is 4. The molecule has 3 aromatic rings. The number of carbonyl (C=O) groups is 2. The predicted molar refractivity (Wildman–Crippen MR) is 154 cm³/mol. The molecule has 0 fully saturated rings. The van der Waals surface area contributed by atoms with Crippen molar-refractivity contribution in [2.75, 3.05) is 13.1 Å². The highest BCUT2D eigenvalue weighted by atomic mass is 16.5. The monoisotopic (exact) mass is 531 g/mol. The molecule has 6 nitrogen and oxygen atoms in total. The van der Waals surface area contributed by atoms with Crippen LogP contribution in [0.15, 0.2) is 78.9 Å². The van der Waals surface area contributed by atoms with Crippen LogP contribution in [0, 0.1) is 0 Å². The number of para-hydroxylation sites is 1. The summed E-state index contributed by atoms with van der Waals surface area (Å²) in [5, 5.41) is 18.2. The summed E-state index contributed by atoms with van der Waals surface area (Å²) in [4.78, 5) is 24.5. The minimum atomic E-state index is -0.929. The number of aliphatic carboxylic acids is 1. The molecule has 0 aliphatic carbocycles. The third-order valence-corrected chi connectivity index (χ3v) is 6.90. The summed E-state index contributed by atoms with van der Waals surface area (Å²) in [5.74, 6) is -0.773. The molecule has 0 heterocycles. The van der Waals surface area contributed by atoms with Crippen LogP contribution < -0.4 is 4.74 Å². The highest BCUT2D eigenvalue weighted by molar-refractivity contribution is 5.87. The summed E-state index contributed by atoms with van der Waals surface area (Å²) in [6.45, 7) is 4.55. The molecular formula is C33H41NO5. The number of unbranched alkanes of at least 4 members (excludes halogenated alkanes) is 3. The van der Waals surface area contributed by atoms with Crippen LogP contribution in [0.25, 0.3) is 0 Å². The first-order valence-electron chi connectivity index (χ1n) is 14.0. The molecule has 0 saturated carbocycles. The number of carboxylic acid groups (broad SMARTS) is 2. The number of ether oxygens (including phenoxy) is 1. The normalized spacial score (nSPS) is 11.8. The van der Waals surface area contributed by atoms with Crippen LogP contribution >= 0.6 is 0 Å². The van der Waals surface area contributed by atoms with Gasteiger partial charge in [-0.25, -0.2) is 4.79 Å². The van der Waals surface area contributed by atoms with Crippen molar-refractivity contribution < 1.29 is 24.5 Å². The molecule has 0 amide bonds. The van der Waals surface area contributed by atoms with E-state index in [4.69, 9.17) is 9.84 Å². The molecule has 0 aromatic heterocycles. The van der Waals surface area contributed by atoms with E-state index in [1.165, 1.54) is 5.56 Å². The van der Waals surface area contributed by atoms with Crippen LogP contribution in [0.3, 0.4) is 0 Å². The van der Waals surface area contributed by atoms with Gasteiger partial charge in [0.05, 0.1) is 5.56 Å². The summed E-state index contributed by atoms with van der Waals surface area (Å²) in [7, 11) is 0. The summed E-state index contributed by atoms with van der Waals surface area (Å²) in [6.07, 6.45) is 6.62. The van der Waals surface area contributed by atoms with E-state index < -0.39 is 11.9 Å². The molecule has 208 valence electrons. The maximum atomic E-state index is 11.2. The van der Waals surface area contributed by atoms with Crippen molar-refractivity contribution in [1.29, 1.82) is 0 Å². The van der Waals surface area contributed by atoms with Gasteiger partial charge in [-0.15, -0.1) is 0 Å². The highest BCUT2D eigenvalue weighted by Gasteiger charge is 2.16. The first-order chi connectivity index (χ1) is 19.0. The van der Waals surface area contributed by atoms with E-state index in [1.54, 1.807) is 12.1 Å². The lowest BCUT2D eigenvalue weighted by Gasteiger charge is -2.25. The second kappa shape index (κ2) is 16.4. The SMILES string of the molecule is CCCCC(Oc1ccccc1CCN(CCCCCC(=O)O)Cc1ccc(C(=O)O)cc1)c1ccccc1. The van der Waals surface area contributed by atoms with Gasteiger partial charge in [0.2, 0.25) is 0 Å². The Balaban J connectivity index is 1.69. The van der Waals surface area contributed by atoms with Gasteiger partial charge in [0, 0.05) is 19.5 Å². The number of carboxylic acids is 2. The van der Waals surface area contributed by atoms with Crippen LogP contribution in [-0.2, 0) is 17.8 Å². The minimum absolute atomic E-state index is 0.00499. The molecule has 39 heavy (non-hydrogen) atoms. The molecule has 2 N–H and O–H groups in total. The smallest absolute Gasteiger partial charge is 0.335 e. The Morgan fingerprint density at radius 2 is 1.54 bits per heavy atom. The average molecular weight is 532 g/mol. The molecule has 0 aliphatic rings. The Bertz CT molecular complexity index is 1150. The van der Waals surface area contributed by atoms with Gasteiger partial charge in [-0.2, -0.15) is 0 Å². The first kappa shape index (κ1) is 29.9. The van der Waals surface area contributed by atoms with Gasteiger partial charge >= 0.3 is 11.9 Å². The second-order valence-electron chi connectivity index (χ2n) is 10.00. The first-order valence-corrected chi connectivity index (χ1v) is 14.0. The van der Waals surface area contributed by atoms with Crippen LogP contribution in [0.5, 0.6) is 5.75 Å². The van der Waals surface area contributed by atoms with Crippen molar-refractivity contribution in [3.8, 4) is 5.75 Å². The lowest BCUT2D eigenvalue weighted by Crippen LogP contribution is -2.27. The van der Waals surface area contributed by atoms with Crippen LogP contribution in [-0.4, -0.2) is 40.1 Å². The van der Waals surface area contributed by atoms with Gasteiger partial charge in [0.25, 0.3) is 0 Å². The molecule has 0 spiro atoms. The van der Waals surface area contributed by atoms with Crippen molar-refractivity contribution in [1.82, 2.24) is 4.90 Å². The van der Waals surface area contributed by atoms with E-state index in [2.05, 4.69) is 48.2 Å². The maximum Gasteiger partial charge on any atom is 0.335 e. The molecule has 0 bridgehead atoms. The van der Waals surface area contributed by atoms with E-state index in [0.717, 1.165) is 68.5 Å². The Hall–Kier alpha value is -3.64. The minimum Gasteiger partial charge on any atom is -0.485 e. The summed E-state index contributed by atoms with van der Waals surface area (Å²) < 4.78 is 6.63. The fraction of sp³-hybridized carbons (Fsp3) is 0.394. The van der Waals surface area contributed by atoms with Crippen molar-refractivity contribution in [3.63, 3.8) is 0 Å². The summed E-state index contributed by atoms with van der Waals surface area (Å²) >= 11 is 0. The number of hydrogen-bond donors (Lipinski definition) is 2. The summed E-state index contributed by atoms with van der Waals surface area (Å²) in [5.41, 5.74) is 3.68. The molecule has 0 radical (unpaired) electrons. The number of nitrogens with zero attached hydrogens (tertiary/aromatic N) is 1.